The van der Waals surface area contributed by atoms with Gasteiger partial charge in [0.25, 0.3) is 0 Å². The molecule has 208 valence electrons. The quantitative estimate of drug-likeness (QED) is 0.260. The Morgan fingerprint density at radius 3 is 1.81 bits per heavy atom. The molecule has 0 aliphatic rings. The lowest BCUT2D eigenvalue weighted by molar-refractivity contribution is -0.135. The molecule has 3 atom stereocenters. The van der Waals surface area contributed by atoms with Gasteiger partial charge in [0.1, 0.15) is 12.1 Å². The van der Waals surface area contributed by atoms with Crippen molar-refractivity contribution < 1.29 is 24.0 Å². The van der Waals surface area contributed by atoms with Crippen LogP contribution in [-0.4, -0.2) is 66.5 Å². The highest BCUT2D eigenvalue weighted by Crippen LogP contribution is 2.12. The van der Waals surface area contributed by atoms with Crippen molar-refractivity contribution in [1.29, 1.82) is 0 Å². The molecule has 0 aromatic carbocycles. The Balaban J connectivity index is 5.67. The molecule has 9 nitrogen and oxygen atoms in total. The summed E-state index contributed by atoms with van der Waals surface area (Å²) in [6.07, 6.45) is 3.60. The fraction of sp³-hybridized carbons (Fsp3) is 0.815. The maximum absolute atomic E-state index is 13.3. The van der Waals surface area contributed by atoms with E-state index >= 15 is 0 Å². The minimum atomic E-state index is -1.02. The molecule has 0 radical (unpaired) electrons. The Hall–Kier alpha value is -2.45. The van der Waals surface area contributed by atoms with E-state index in [9.17, 15) is 24.0 Å². The van der Waals surface area contributed by atoms with E-state index < -0.39 is 29.9 Å². The highest BCUT2D eigenvalue weighted by atomic mass is 16.2. The lowest BCUT2D eigenvalue weighted by Gasteiger charge is -2.27. The van der Waals surface area contributed by atoms with Crippen molar-refractivity contribution in [1.82, 2.24) is 20.9 Å². The number of nitrogens with zero attached hydrogens (tertiary/aromatic N) is 1. The van der Waals surface area contributed by atoms with Crippen LogP contribution in [0.25, 0.3) is 0 Å². The van der Waals surface area contributed by atoms with Crippen LogP contribution in [0.15, 0.2) is 0 Å². The van der Waals surface area contributed by atoms with E-state index in [1.807, 2.05) is 27.7 Å². The summed E-state index contributed by atoms with van der Waals surface area (Å²) in [5.41, 5.74) is 0. The first-order valence-corrected chi connectivity index (χ1v) is 13.3. The van der Waals surface area contributed by atoms with Gasteiger partial charge in [0.15, 0.2) is 5.78 Å². The molecule has 0 unspecified atom stereocenters. The van der Waals surface area contributed by atoms with Gasteiger partial charge < -0.3 is 20.9 Å². The number of nitrogens with one attached hydrogen (secondary N) is 3. The summed E-state index contributed by atoms with van der Waals surface area (Å²) in [5.74, 6) is -1.74. The second-order valence-corrected chi connectivity index (χ2v) is 10.9. The Morgan fingerprint density at radius 1 is 0.750 bits per heavy atom. The van der Waals surface area contributed by atoms with Crippen molar-refractivity contribution in [2.45, 2.75) is 112 Å². The van der Waals surface area contributed by atoms with Crippen LogP contribution in [0.3, 0.4) is 0 Å². The smallest absolute Gasteiger partial charge is 0.243 e. The third kappa shape index (κ3) is 13.0. The van der Waals surface area contributed by atoms with Crippen LogP contribution in [0.2, 0.25) is 0 Å². The number of amides is 4. The SMILES string of the molecule is CCCCCC(=O)N[C@H](C(=O)N[C@@H](CCC(=O)N(C)C)C(=O)N[C@@H](CC(C)C)C(=O)C(C)C)C(C)C. The van der Waals surface area contributed by atoms with Crippen LogP contribution in [0.4, 0.5) is 0 Å². The predicted molar refractivity (Wildman–Crippen MR) is 142 cm³/mol. The first-order chi connectivity index (χ1) is 16.7. The maximum Gasteiger partial charge on any atom is 0.243 e. The zero-order valence-electron chi connectivity index (χ0n) is 23.9. The Bertz CT molecular complexity index is 734. The molecule has 9 heteroatoms. The highest BCUT2D eigenvalue weighted by Gasteiger charge is 2.32. The second kappa shape index (κ2) is 17.1. The van der Waals surface area contributed by atoms with E-state index in [0.717, 1.165) is 19.3 Å². The van der Waals surface area contributed by atoms with Crippen molar-refractivity contribution in [2.24, 2.45) is 17.8 Å². The zero-order chi connectivity index (χ0) is 28.0. The summed E-state index contributed by atoms with van der Waals surface area (Å²) in [6, 6.07) is -2.52. The van der Waals surface area contributed by atoms with E-state index in [1.54, 1.807) is 27.9 Å². The van der Waals surface area contributed by atoms with Crippen molar-refractivity contribution in [3.05, 3.63) is 0 Å². The summed E-state index contributed by atoms with van der Waals surface area (Å²) in [7, 11) is 3.25. The number of rotatable bonds is 17. The summed E-state index contributed by atoms with van der Waals surface area (Å²) in [4.78, 5) is 65.2. The van der Waals surface area contributed by atoms with Gasteiger partial charge in [-0.3, -0.25) is 24.0 Å². The number of Topliss-reactive ketones (excluding diaryl/α,β-unsaturated/α-hetero) is 1. The molecule has 0 spiro atoms. The minimum absolute atomic E-state index is 0.0497. The van der Waals surface area contributed by atoms with Crippen LogP contribution in [0, 0.1) is 17.8 Å². The van der Waals surface area contributed by atoms with Crippen molar-refractivity contribution >= 4 is 29.4 Å². The van der Waals surface area contributed by atoms with E-state index in [2.05, 4.69) is 22.9 Å². The Labute approximate surface area is 217 Å². The fourth-order valence-corrected chi connectivity index (χ4v) is 3.73. The normalized spacial score (nSPS) is 13.8. The van der Waals surface area contributed by atoms with Gasteiger partial charge in [-0.15, -0.1) is 0 Å². The molecular formula is C27H50N4O5. The van der Waals surface area contributed by atoms with Gasteiger partial charge in [0, 0.05) is 32.9 Å². The Kier molecular flexibility index (Phi) is 15.9. The topological polar surface area (TPSA) is 125 Å². The Morgan fingerprint density at radius 2 is 1.33 bits per heavy atom. The molecular weight excluding hydrogens is 460 g/mol. The molecule has 0 bridgehead atoms. The summed E-state index contributed by atoms with van der Waals surface area (Å²) in [6.45, 7) is 13.2. The maximum atomic E-state index is 13.3. The van der Waals surface area contributed by atoms with Gasteiger partial charge in [-0.1, -0.05) is 61.3 Å². The monoisotopic (exact) mass is 510 g/mol. The van der Waals surface area contributed by atoms with E-state index in [0.29, 0.717) is 12.8 Å². The molecule has 0 aromatic rings. The predicted octanol–water partition coefficient (Wildman–Crippen LogP) is 2.82. The fourth-order valence-electron chi connectivity index (χ4n) is 3.73. The summed E-state index contributed by atoms with van der Waals surface area (Å²) < 4.78 is 0. The van der Waals surface area contributed by atoms with E-state index in [4.69, 9.17) is 0 Å². The van der Waals surface area contributed by atoms with Crippen LogP contribution in [0.5, 0.6) is 0 Å². The van der Waals surface area contributed by atoms with Gasteiger partial charge in [0.05, 0.1) is 6.04 Å². The molecule has 0 aliphatic heterocycles. The second-order valence-electron chi connectivity index (χ2n) is 10.9. The molecule has 0 heterocycles. The summed E-state index contributed by atoms with van der Waals surface area (Å²) in [5, 5.41) is 8.35. The van der Waals surface area contributed by atoms with Crippen LogP contribution in [-0.2, 0) is 24.0 Å². The molecule has 3 N–H and O–H groups in total. The summed E-state index contributed by atoms with van der Waals surface area (Å²) >= 11 is 0. The van der Waals surface area contributed by atoms with E-state index in [-0.39, 0.29) is 48.2 Å². The zero-order valence-corrected chi connectivity index (χ0v) is 23.9. The first kappa shape index (κ1) is 33.5. The average molecular weight is 511 g/mol. The van der Waals surface area contributed by atoms with Crippen LogP contribution in [0.1, 0.15) is 93.4 Å². The molecule has 0 rings (SSSR count). The molecule has 36 heavy (non-hydrogen) atoms. The number of hydrogen-bond acceptors (Lipinski definition) is 5. The highest BCUT2D eigenvalue weighted by molar-refractivity contribution is 5.95. The molecule has 4 amide bonds. The third-order valence-corrected chi connectivity index (χ3v) is 5.99. The number of ketones is 1. The van der Waals surface area contributed by atoms with Gasteiger partial charge in [-0.25, -0.2) is 0 Å². The van der Waals surface area contributed by atoms with Gasteiger partial charge >= 0.3 is 0 Å². The first-order valence-electron chi connectivity index (χ1n) is 13.3. The largest absolute Gasteiger partial charge is 0.349 e. The molecule has 0 fully saturated rings. The standard InChI is InChI=1S/C27H50N4O5/c1-10-11-12-13-22(32)30-24(18(4)5)27(36)28-20(14-15-23(33)31(8)9)26(35)29-21(16-17(2)3)25(34)19(6)7/h17-21,24H,10-16H2,1-9H3,(H,28,36)(H,29,35)(H,30,32)/t20-,21-,24-/m0/s1. The van der Waals surface area contributed by atoms with Crippen molar-refractivity contribution in [3.63, 3.8) is 0 Å². The van der Waals surface area contributed by atoms with Crippen LogP contribution < -0.4 is 16.0 Å². The average Bonchev–Trinajstić information content (AvgIpc) is 2.78. The molecule has 0 aromatic heterocycles. The molecule has 0 aliphatic carbocycles. The lowest BCUT2D eigenvalue weighted by atomic mass is 9.93. The van der Waals surface area contributed by atoms with Crippen molar-refractivity contribution in [2.75, 3.05) is 14.1 Å². The van der Waals surface area contributed by atoms with Gasteiger partial charge in [-0.05, 0) is 31.1 Å². The number of carbonyl (C=O) groups excluding carboxylic acids is 5. The van der Waals surface area contributed by atoms with E-state index in [1.165, 1.54) is 4.90 Å². The number of hydrogen-bond donors (Lipinski definition) is 3. The van der Waals surface area contributed by atoms with Gasteiger partial charge in [-0.2, -0.15) is 0 Å². The van der Waals surface area contributed by atoms with Gasteiger partial charge in [0.2, 0.25) is 23.6 Å². The molecule has 0 saturated heterocycles. The number of unbranched alkanes of at least 4 members (excludes halogenated alkanes) is 2. The third-order valence-electron chi connectivity index (χ3n) is 5.99. The van der Waals surface area contributed by atoms with Crippen molar-refractivity contribution in [3.8, 4) is 0 Å². The van der Waals surface area contributed by atoms with Crippen LogP contribution >= 0.6 is 0 Å². The molecule has 0 saturated carbocycles. The minimum Gasteiger partial charge on any atom is -0.349 e. The number of carbonyl (C=O) groups is 5. The lowest BCUT2D eigenvalue weighted by Crippen LogP contribution is -2.57.